The molecule has 0 atom stereocenters. The van der Waals surface area contributed by atoms with Gasteiger partial charge in [-0.3, -0.25) is 0 Å². The van der Waals surface area contributed by atoms with Crippen LogP contribution >= 0.6 is 23.4 Å². The van der Waals surface area contributed by atoms with E-state index >= 15 is 0 Å². The van der Waals surface area contributed by atoms with E-state index < -0.39 is 5.82 Å². The quantitative estimate of drug-likeness (QED) is 0.555. The van der Waals surface area contributed by atoms with E-state index in [1.165, 1.54) is 12.4 Å². The van der Waals surface area contributed by atoms with E-state index in [4.69, 9.17) is 23.1 Å². The van der Waals surface area contributed by atoms with Crippen LogP contribution in [0.3, 0.4) is 0 Å². The van der Waals surface area contributed by atoms with Gasteiger partial charge in [0.25, 0.3) is 0 Å². The number of benzene rings is 2. The van der Waals surface area contributed by atoms with Crippen molar-refractivity contribution in [3.8, 4) is 0 Å². The van der Waals surface area contributed by atoms with Crippen LogP contribution in [0.1, 0.15) is 0 Å². The number of hydrogen-bond donors (Lipinski definition) is 2. The van der Waals surface area contributed by atoms with E-state index in [9.17, 15) is 4.39 Å². The molecule has 1 heterocycles. The molecule has 3 rings (SSSR count). The first-order valence-corrected chi connectivity index (χ1v) is 7.18. The molecule has 0 bridgehead atoms. The molecule has 0 unspecified atom stereocenters. The van der Waals surface area contributed by atoms with Gasteiger partial charge in [0.1, 0.15) is 16.4 Å². The lowest BCUT2D eigenvalue weighted by Gasteiger charge is -2.10. The Hall–Kier alpha value is -2.05. The van der Waals surface area contributed by atoms with Crippen LogP contribution in [0.5, 0.6) is 0 Å². The molecule has 0 radical (unpaired) electrons. The van der Waals surface area contributed by atoms with Crippen LogP contribution in [-0.4, -0.2) is 9.97 Å². The fourth-order valence-corrected chi connectivity index (χ4v) is 3.06. The van der Waals surface area contributed by atoms with E-state index in [1.54, 1.807) is 0 Å². The zero-order valence-electron chi connectivity index (χ0n) is 10.7. The second-order valence-electron chi connectivity index (χ2n) is 4.31. The van der Waals surface area contributed by atoms with Crippen molar-refractivity contribution in [3.63, 3.8) is 0 Å². The van der Waals surface area contributed by atoms with Crippen molar-refractivity contribution in [1.29, 1.82) is 0 Å². The minimum atomic E-state index is -0.637. The highest BCUT2D eigenvalue weighted by Crippen LogP contribution is 2.40. The molecule has 0 aliphatic heterocycles. The van der Waals surface area contributed by atoms with E-state index in [0.717, 1.165) is 22.7 Å². The van der Waals surface area contributed by atoms with E-state index in [2.05, 4.69) is 9.97 Å². The fourth-order valence-electron chi connectivity index (χ4n) is 1.91. The van der Waals surface area contributed by atoms with Crippen molar-refractivity contribution >= 4 is 45.6 Å². The molecule has 0 amide bonds. The highest BCUT2D eigenvalue weighted by molar-refractivity contribution is 7.99. The number of para-hydroxylation sites is 1. The Morgan fingerprint density at radius 1 is 1.10 bits per heavy atom. The number of nitrogen functional groups attached to an aromatic ring is 2. The third-order valence-electron chi connectivity index (χ3n) is 2.92. The zero-order valence-corrected chi connectivity index (χ0v) is 12.2. The van der Waals surface area contributed by atoms with Gasteiger partial charge >= 0.3 is 0 Å². The van der Waals surface area contributed by atoms with Crippen LogP contribution < -0.4 is 11.5 Å². The van der Waals surface area contributed by atoms with Crippen molar-refractivity contribution < 1.29 is 4.39 Å². The van der Waals surface area contributed by atoms with Crippen molar-refractivity contribution in [3.05, 3.63) is 47.5 Å². The number of halogens is 2. The van der Waals surface area contributed by atoms with Crippen LogP contribution in [0.2, 0.25) is 5.02 Å². The summed E-state index contributed by atoms with van der Waals surface area (Å²) in [7, 11) is 0. The molecule has 1 aromatic heterocycles. The number of fused-ring (bicyclic) bond motifs is 1. The smallest absolute Gasteiger partial charge is 0.159 e. The average molecular weight is 321 g/mol. The van der Waals surface area contributed by atoms with Gasteiger partial charge in [-0.05, 0) is 12.1 Å². The number of nitrogens with zero attached hydrogens (tertiary/aromatic N) is 2. The van der Waals surface area contributed by atoms with Crippen LogP contribution in [0.25, 0.3) is 10.9 Å². The molecule has 106 valence electrons. The Balaban J connectivity index is 2.14. The summed E-state index contributed by atoms with van der Waals surface area (Å²) in [6.07, 6.45) is 1.43. The Labute approximate surface area is 129 Å². The largest absolute Gasteiger partial charge is 0.398 e. The highest BCUT2D eigenvalue weighted by atomic mass is 35.5. The number of aromatic nitrogens is 2. The first-order chi connectivity index (χ1) is 10.1. The summed E-state index contributed by atoms with van der Waals surface area (Å²) < 4.78 is 14.3. The first-order valence-electron chi connectivity index (χ1n) is 5.98. The molecule has 0 fully saturated rings. The van der Waals surface area contributed by atoms with Crippen molar-refractivity contribution in [2.45, 2.75) is 9.92 Å². The van der Waals surface area contributed by atoms with Gasteiger partial charge in [-0.1, -0.05) is 41.6 Å². The fraction of sp³-hybridized carbons (Fsp3) is 0. The molecule has 0 saturated heterocycles. The van der Waals surface area contributed by atoms with E-state index in [0.29, 0.717) is 5.03 Å². The second kappa shape index (κ2) is 5.38. The molecule has 0 aliphatic carbocycles. The molecular formula is C14H10ClFN4S. The van der Waals surface area contributed by atoms with E-state index in [1.807, 2.05) is 24.3 Å². The van der Waals surface area contributed by atoms with Gasteiger partial charge < -0.3 is 11.5 Å². The SMILES string of the molecule is Nc1cc(N)c(Sc2ncnc3ccccc23)c(F)c1Cl. The summed E-state index contributed by atoms with van der Waals surface area (Å²) in [6, 6.07) is 8.91. The standard InChI is InChI=1S/C14H10ClFN4S/c15-11-8(17)5-9(18)13(12(11)16)21-14-7-3-1-2-4-10(7)19-6-20-14/h1-6H,17-18H2. The molecular weight excluding hydrogens is 311 g/mol. The topological polar surface area (TPSA) is 77.8 Å². The molecule has 0 aliphatic rings. The van der Waals surface area contributed by atoms with Crippen molar-refractivity contribution in [2.75, 3.05) is 11.5 Å². The van der Waals surface area contributed by atoms with Crippen molar-refractivity contribution in [1.82, 2.24) is 9.97 Å². The maximum absolute atomic E-state index is 14.3. The van der Waals surface area contributed by atoms with Gasteiger partial charge in [0.15, 0.2) is 5.82 Å². The maximum atomic E-state index is 14.3. The maximum Gasteiger partial charge on any atom is 0.159 e. The van der Waals surface area contributed by atoms with Crippen LogP contribution in [0, 0.1) is 5.82 Å². The minimum absolute atomic E-state index is 0.114. The Bertz CT molecular complexity index is 835. The molecule has 2 aromatic carbocycles. The van der Waals surface area contributed by atoms with Crippen molar-refractivity contribution in [2.24, 2.45) is 0 Å². The number of rotatable bonds is 2. The summed E-state index contributed by atoms with van der Waals surface area (Å²) in [6.45, 7) is 0. The molecule has 4 N–H and O–H groups in total. The third-order valence-corrected chi connectivity index (χ3v) is 4.45. The predicted octanol–water partition coefficient (Wildman–Crippen LogP) is 3.74. The number of nitrogens with two attached hydrogens (primary N) is 2. The van der Waals surface area contributed by atoms with Crippen LogP contribution in [-0.2, 0) is 0 Å². The van der Waals surface area contributed by atoms with Crippen LogP contribution in [0.4, 0.5) is 15.8 Å². The number of anilines is 2. The van der Waals surface area contributed by atoms with Gasteiger partial charge in [-0.25, -0.2) is 14.4 Å². The van der Waals surface area contributed by atoms with E-state index in [-0.39, 0.29) is 21.3 Å². The normalized spacial score (nSPS) is 11.0. The molecule has 21 heavy (non-hydrogen) atoms. The van der Waals surface area contributed by atoms with Crippen LogP contribution in [0.15, 0.2) is 46.6 Å². The Kier molecular flexibility index (Phi) is 3.57. The molecule has 7 heteroatoms. The molecule has 0 spiro atoms. The Morgan fingerprint density at radius 2 is 1.86 bits per heavy atom. The van der Waals surface area contributed by atoms with Gasteiger partial charge in [-0.2, -0.15) is 0 Å². The van der Waals surface area contributed by atoms with Gasteiger partial charge in [-0.15, -0.1) is 0 Å². The summed E-state index contributed by atoms with van der Waals surface area (Å²) in [5, 5.41) is 1.29. The third kappa shape index (κ3) is 2.48. The zero-order chi connectivity index (χ0) is 15.0. The first kappa shape index (κ1) is 13.9. The second-order valence-corrected chi connectivity index (χ2v) is 5.69. The molecule has 3 aromatic rings. The summed E-state index contributed by atoms with van der Waals surface area (Å²) in [4.78, 5) is 8.56. The Morgan fingerprint density at radius 3 is 2.67 bits per heavy atom. The number of hydrogen-bond acceptors (Lipinski definition) is 5. The molecule has 4 nitrogen and oxygen atoms in total. The summed E-state index contributed by atoms with van der Waals surface area (Å²) in [5.41, 5.74) is 12.5. The lowest BCUT2D eigenvalue weighted by atomic mass is 10.2. The highest BCUT2D eigenvalue weighted by Gasteiger charge is 2.17. The predicted molar refractivity (Wildman–Crippen MR) is 83.9 cm³/mol. The lowest BCUT2D eigenvalue weighted by molar-refractivity contribution is 0.604. The summed E-state index contributed by atoms with van der Waals surface area (Å²) >= 11 is 6.94. The average Bonchev–Trinajstić information content (AvgIpc) is 2.49. The monoisotopic (exact) mass is 320 g/mol. The van der Waals surface area contributed by atoms with Gasteiger partial charge in [0.05, 0.1) is 21.8 Å². The lowest BCUT2D eigenvalue weighted by Crippen LogP contribution is -1.98. The van der Waals surface area contributed by atoms with Gasteiger partial charge in [0.2, 0.25) is 0 Å². The minimum Gasteiger partial charge on any atom is -0.398 e. The molecule has 0 saturated carbocycles. The summed E-state index contributed by atoms with van der Waals surface area (Å²) in [5.74, 6) is -0.637. The van der Waals surface area contributed by atoms with Gasteiger partial charge in [0, 0.05) is 5.39 Å².